The molecule has 5 nitrogen and oxygen atoms in total. The standard InChI is InChI=1S/C6H8N4O/c7-5-9-3-4-1-2-8-6(11)10(4)5/h3H,1-2H2,(H2,7,9)(H,8,11). The Labute approximate surface area is 63.2 Å². The number of nitrogens with zero attached hydrogens (tertiary/aromatic N) is 2. The Kier molecular flexibility index (Phi) is 1.12. The largest absolute Gasteiger partial charge is 0.369 e. The van der Waals surface area contributed by atoms with Crippen molar-refractivity contribution in [3.63, 3.8) is 0 Å². The fourth-order valence-electron chi connectivity index (χ4n) is 1.19. The van der Waals surface area contributed by atoms with E-state index >= 15 is 0 Å². The number of hydrogen-bond donors (Lipinski definition) is 2. The van der Waals surface area contributed by atoms with Crippen molar-refractivity contribution in [1.82, 2.24) is 14.9 Å². The van der Waals surface area contributed by atoms with Gasteiger partial charge in [-0.25, -0.2) is 14.3 Å². The van der Waals surface area contributed by atoms with Gasteiger partial charge in [0.15, 0.2) is 0 Å². The molecule has 1 aromatic rings. The van der Waals surface area contributed by atoms with Crippen LogP contribution in [0.1, 0.15) is 5.69 Å². The van der Waals surface area contributed by atoms with Crippen LogP contribution in [-0.4, -0.2) is 22.1 Å². The minimum Gasteiger partial charge on any atom is -0.369 e. The molecule has 0 spiro atoms. The highest BCUT2D eigenvalue weighted by atomic mass is 16.2. The van der Waals surface area contributed by atoms with Crippen molar-refractivity contribution in [3.05, 3.63) is 11.9 Å². The summed E-state index contributed by atoms with van der Waals surface area (Å²) in [5.41, 5.74) is 6.32. The van der Waals surface area contributed by atoms with E-state index in [0.29, 0.717) is 6.54 Å². The van der Waals surface area contributed by atoms with Gasteiger partial charge in [0.25, 0.3) is 0 Å². The molecule has 3 N–H and O–H groups in total. The van der Waals surface area contributed by atoms with Gasteiger partial charge in [-0.15, -0.1) is 0 Å². The highest BCUT2D eigenvalue weighted by Crippen LogP contribution is 2.09. The molecule has 0 unspecified atom stereocenters. The molecule has 1 aromatic heterocycles. The average Bonchev–Trinajstić information content (AvgIpc) is 2.34. The first-order valence-corrected chi connectivity index (χ1v) is 3.39. The van der Waals surface area contributed by atoms with E-state index in [1.807, 2.05) is 0 Å². The van der Waals surface area contributed by atoms with Gasteiger partial charge in [-0.05, 0) is 0 Å². The Morgan fingerprint density at radius 2 is 2.55 bits per heavy atom. The number of nitrogens with one attached hydrogen (secondary N) is 1. The van der Waals surface area contributed by atoms with Crippen LogP contribution in [0, 0.1) is 0 Å². The van der Waals surface area contributed by atoms with Gasteiger partial charge >= 0.3 is 6.03 Å². The third-order valence-corrected chi connectivity index (χ3v) is 1.72. The molecular weight excluding hydrogens is 144 g/mol. The van der Waals surface area contributed by atoms with Crippen molar-refractivity contribution in [2.75, 3.05) is 12.3 Å². The van der Waals surface area contributed by atoms with Crippen molar-refractivity contribution >= 4 is 12.0 Å². The first-order chi connectivity index (χ1) is 5.29. The average molecular weight is 152 g/mol. The predicted molar refractivity (Wildman–Crippen MR) is 39.1 cm³/mol. The number of carbonyl (C=O) groups excluding carboxylic acids is 1. The fraction of sp³-hybridized carbons (Fsp3) is 0.333. The maximum atomic E-state index is 11.1. The highest BCUT2D eigenvalue weighted by molar-refractivity contribution is 5.81. The lowest BCUT2D eigenvalue weighted by Gasteiger charge is -2.14. The molecule has 0 fully saturated rings. The molecule has 0 saturated heterocycles. The van der Waals surface area contributed by atoms with Gasteiger partial charge in [-0.3, -0.25) is 0 Å². The first kappa shape index (κ1) is 6.21. The van der Waals surface area contributed by atoms with E-state index in [4.69, 9.17) is 5.73 Å². The SMILES string of the molecule is Nc1ncc2n1C(=O)NCC2. The quantitative estimate of drug-likeness (QED) is 0.530. The number of nitrogen functional groups attached to an aromatic ring is 1. The lowest BCUT2D eigenvalue weighted by atomic mass is 10.3. The molecule has 0 bridgehead atoms. The van der Waals surface area contributed by atoms with Gasteiger partial charge in [0.2, 0.25) is 5.95 Å². The van der Waals surface area contributed by atoms with Gasteiger partial charge in [0, 0.05) is 13.0 Å². The summed E-state index contributed by atoms with van der Waals surface area (Å²) in [5.74, 6) is 0.261. The maximum Gasteiger partial charge on any atom is 0.328 e. The Morgan fingerprint density at radius 3 is 3.27 bits per heavy atom. The van der Waals surface area contributed by atoms with Gasteiger partial charge in [-0.1, -0.05) is 0 Å². The number of rotatable bonds is 0. The van der Waals surface area contributed by atoms with Crippen molar-refractivity contribution < 1.29 is 4.79 Å². The van der Waals surface area contributed by atoms with Gasteiger partial charge in [0.1, 0.15) is 0 Å². The van der Waals surface area contributed by atoms with Crippen LogP contribution in [0.4, 0.5) is 10.7 Å². The van der Waals surface area contributed by atoms with Gasteiger partial charge in [-0.2, -0.15) is 0 Å². The topological polar surface area (TPSA) is 72.9 Å². The molecule has 1 amide bonds. The van der Waals surface area contributed by atoms with E-state index in [0.717, 1.165) is 12.1 Å². The Morgan fingerprint density at radius 1 is 1.73 bits per heavy atom. The molecule has 1 aliphatic heterocycles. The number of anilines is 1. The molecular formula is C6H8N4O. The monoisotopic (exact) mass is 152 g/mol. The molecule has 2 rings (SSSR count). The predicted octanol–water partition coefficient (Wildman–Crippen LogP) is -0.421. The molecule has 0 aromatic carbocycles. The van der Waals surface area contributed by atoms with Crippen molar-refractivity contribution in [2.24, 2.45) is 0 Å². The van der Waals surface area contributed by atoms with E-state index < -0.39 is 0 Å². The first-order valence-electron chi connectivity index (χ1n) is 3.39. The second-order valence-corrected chi connectivity index (χ2v) is 2.43. The third-order valence-electron chi connectivity index (χ3n) is 1.72. The number of nitrogens with two attached hydrogens (primary N) is 1. The molecule has 0 radical (unpaired) electrons. The van der Waals surface area contributed by atoms with Crippen LogP contribution in [0.25, 0.3) is 0 Å². The summed E-state index contributed by atoms with van der Waals surface area (Å²) in [6, 6.07) is -0.179. The molecule has 0 atom stereocenters. The highest BCUT2D eigenvalue weighted by Gasteiger charge is 2.17. The van der Waals surface area contributed by atoms with Gasteiger partial charge < -0.3 is 11.1 Å². The zero-order valence-electron chi connectivity index (χ0n) is 5.87. The zero-order valence-corrected chi connectivity index (χ0v) is 5.87. The molecule has 5 heteroatoms. The summed E-state index contributed by atoms with van der Waals surface area (Å²) in [7, 11) is 0. The van der Waals surface area contributed by atoms with E-state index in [1.165, 1.54) is 4.57 Å². The Balaban J connectivity index is 2.56. The van der Waals surface area contributed by atoms with Crippen LogP contribution in [0.3, 0.4) is 0 Å². The Hall–Kier alpha value is -1.52. The van der Waals surface area contributed by atoms with Crippen LogP contribution in [0.5, 0.6) is 0 Å². The van der Waals surface area contributed by atoms with Gasteiger partial charge in [0.05, 0.1) is 11.9 Å². The van der Waals surface area contributed by atoms with Crippen molar-refractivity contribution in [2.45, 2.75) is 6.42 Å². The van der Waals surface area contributed by atoms with Crippen LogP contribution in [0.2, 0.25) is 0 Å². The number of amides is 1. The van der Waals surface area contributed by atoms with Crippen LogP contribution in [0.15, 0.2) is 6.20 Å². The summed E-state index contributed by atoms with van der Waals surface area (Å²) < 4.78 is 1.39. The number of imidazole rings is 1. The van der Waals surface area contributed by atoms with Crippen molar-refractivity contribution in [1.29, 1.82) is 0 Å². The number of carbonyl (C=O) groups is 1. The molecule has 0 saturated carbocycles. The van der Waals surface area contributed by atoms with Crippen LogP contribution in [-0.2, 0) is 6.42 Å². The number of fused-ring (bicyclic) bond motifs is 1. The molecule has 11 heavy (non-hydrogen) atoms. The second-order valence-electron chi connectivity index (χ2n) is 2.43. The van der Waals surface area contributed by atoms with Crippen molar-refractivity contribution in [3.8, 4) is 0 Å². The van der Waals surface area contributed by atoms with E-state index in [9.17, 15) is 4.79 Å². The second kappa shape index (κ2) is 1.98. The third kappa shape index (κ3) is 0.772. The summed E-state index contributed by atoms with van der Waals surface area (Å²) in [6.07, 6.45) is 2.43. The number of aromatic nitrogens is 2. The van der Waals surface area contributed by atoms with Crippen LogP contribution >= 0.6 is 0 Å². The molecule has 58 valence electrons. The number of hydrogen-bond acceptors (Lipinski definition) is 3. The summed E-state index contributed by atoms with van der Waals surface area (Å²) in [6.45, 7) is 0.671. The molecule has 1 aliphatic rings. The molecule has 0 aliphatic carbocycles. The normalized spacial score (nSPS) is 15.8. The van der Waals surface area contributed by atoms with Crippen LogP contribution < -0.4 is 11.1 Å². The summed E-state index contributed by atoms with van der Waals surface area (Å²) in [4.78, 5) is 14.9. The lowest BCUT2D eigenvalue weighted by molar-refractivity contribution is 0.239. The zero-order chi connectivity index (χ0) is 7.84. The van der Waals surface area contributed by atoms with E-state index in [1.54, 1.807) is 6.20 Å². The summed E-state index contributed by atoms with van der Waals surface area (Å²) >= 11 is 0. The Bertz CT molecular complexity index is 304. The maximum absolute atomic E-state index is 11.1. The summed E-state index contributed by atoms with van der Waals surface area (Å²) in [5, 5.41) is 2.67. The lowest BCUT2D eigenvalue weighted by Crippen LogP contribution is -2.37. The minimum absolute atomic E-state index is 0.179. The van der Waals surface area contributed by atoms with E-state index in [2.05, 4.69) is 10.3 Å². The fourth-order valence-corrected chi connectivity index (χ4v) is 1.19. The molecule has 2 heterocycles. The smallest absolute Gasteiger partial charge is 0.328 e. The minimum atomic E-state index is -0.179. The van der Waals surface area contributed by atoms with E-state index in [-0.39, 0.29) is 12.0 Å².